The first-order valence-electron chi connectivity index (χ1n) is 6.72. The molecule has 19 heavy (non-hydrogen) atoms. The largest absolute Gasteiger partial charge is 0.494 e. The van der Waals surface area contributed by atoms with Crippen LogP contribution in [0.4, 0.5) is 0 Å². The summed E-state index contributed by atoms with van der Waals surface area (Å²) in [6.45, 7) is 0.763. The van der Waals surface area contributed by atoms with E-state index in [4.69, 9.17) is 10.5 Å². The first-order valence-corrected chi connectivity index (χ1v) is 6.72. The lowest BCUT2D eigenvalue weighted by Gasteiger charge is -2.21. The number of nitrogens with zero attached hydrogens (tertiary/aromatic N) is 2. The van der Waals surface area contributed by atoms with Crippen molar-refractivity contribution in [2.75, 3.05) is 13.7 Å². The van der Waals surface area contributed by atoms with Gasteiger partial charge in [0.25, 0.3) is 0 Å². The zero-order chi connectivity index (χ0) is 13.2. The summed E-state index contributed by atoms with van der Waals surface area (Å²) in [5, 5.41) is 4.54. The minimum atomic E-state index is 0.600. The molecule has 2 N–H and O–H groups in total. The molecule has 1 aromatic carbocycles. The van der Waals surface area contributed by atoms with Gasteiger partial charge in [-0.2, -0.15) is 5.10 Å². The molecule has 2 aromatic rings. The minimum Gasteiger partial charge on any atom is -0.494 e. The van der Waals surface area contributed by atoms with E-state index in [1.807, 2.05) is 35.1 Å². The second-order valence-corrected chi connectivity index (χ2v) is 5.04. The monoisotopic (exact) mass is 257 g/mol. The molecule has 0 bridgehead atoms. The lowest BCUT2D eigenvalue weighted by molar-refractivity contribution is 0.410. The highest BCUT2D eigenvalue weighted by molar-refractivity contribution is 5.48. The molecule has 0 saturated carbocycles. The third kappa shape index (κ3) is 2.12. The van der Waals surface area contributed by atoms with Gasteiger partial charge < -0.3 is 10.5 Å². The van der Waals surface area contributed by atoms with Gasteiger partial charge in [0.05, 0.1) is 13.3 Å². The summed E-state index contributed by atoms with van der Waals surface area (Å²) in [5.74, 6) is 1.46. The lowest BCUT2D eigenvalue weighted by atomic mass is 9.88. The highest BCUT2D eigenvalue weighted by Gasteiger charge is 2.22. The van der Waals surface area contributed by atoms with Crippen LogP contribution in [0.5, 0.6) is 5.75 Å². The van der Waals surface area contributed by atoms with Crippen molar-refractivity contribution < 1.29 is 4.74 Å². The van der Waals surface area contributed by atoms with Crippen LogP contribution >= 0.6 is 0 Å². The number of rotatable bonds is 3. The Bertz CT molecular complexity index is 577. The van der Waals surface area contributed by atoms with Crippen LogP contribution in [0.15, 0.2) is 30.5 Å². The van der Waals surface area contributed by atoms with E-state index in [0.717, 1.165) is 37.2 Å². The van der Waals surface area contributed by atoms with Gasteiger partial charge in [-0.15, -0.1) is 0 Å². The van der Waals surface area contributed by atoms with Crippen molar-refractivity contribution in [3.8, 4) is 11.4 Å². The van der Waals surface area contributed by atoms with Crippen LogP contribution in [0, 0.1) is 5.92 Å². The van der Waals surface area contributed by atoms with Gasteiger partial charge in [-0.3, -0.25) is 0 Å². The summed E-state index contributed by atoms with van der Waals surface area (Å²) in [5.41, 5.74) is 9.41. The molecule has 0 saturated heterocycles. The molecule has 1 aromatic heterocycles. The lowest BCUT2D eigenvalue weighted by Crippen LogP contribution is -2.22. The van der Waals surface area contributed by atoms with Gasteiger partial charge in [-0.1, -0.05) is 12.1 Å². The maximum absolute atomic E-state index is 5.78. The number of para-hydroxylation sites is 2. The van der Waals surface area contributed by atoms with Gasteiger partial charge in [-0.25, -0.2) is 4.68 Å². The SMILES string of the molecule is COc1ccccc1-n1ncc2c1CCC(CN)C2. The third-order valence-corrected chi connectivity index (χ3v) is 3.90. The number of nitrogens with two attached hydrogens (primary N) is 1. The predicted octanol–water partition coefficient (Wildman–Crippen LogP) is 1.94. The van der Waals surface area contributed by atoms with Crippen LogP contribution in [0.2, 0.25) is 0 Å². The molecule has 1 aliphatic carbocycles. The molecule has 1 heterocycles. The van der Waals surface area contributed by atoms with Crippen molar-refractivity contribution in [2.24, 2.45) is 11.7 Å². The normalized spacial score (nSPS) is 18.1. The molecule has 0 amide bonds. The van der Waals surface area contributed by atoms with Gasteiger partial charge in [0.15, 0.2) is 0 Å². The number of methoxy groups -OCH3 is 1. The van der Waals surface area contributed by atoms with Gasteiger partial charge in [0.1, 0.15) is 11.4 Å². The summed E-state index contributed by atoms with van der Waals surface area (Å²) in [7, 11) is 1.69. The Kier molecular flexibility index (Phi) is 3.25. The fourth-order valence-corrected chi connectivity index (χ4v) is 2.81. The maximum atomic E-state index is 5.78. The van der Waals surface area contributed by atoms with E-state index in [0.29, 0.717) is 5.92 Å². The molecule has 0 aliphatic heterocycles. The Hall–Kier alpha value is -1.81. The van der Waals surface area contributed by atoms with Crippen LogP contribution in [0.1, 0.15) is 17.7 Å². The van der Waals surface area contributed by atoms with Crippen LogP contribution in [0.3, 0.4) is 0 Å². The first kappa shape index (κ1) is 12.2. The fraction of sp³-hybridized carbons (Fsp3) is 0.400. The maximum Gasteiger partial charge on any atom is 0.144 e. The Labute approximate surface area is 113 Å². The number of benzene rings is 1. The Balaban J connectivity index is 2.01. The number of fused-ring (bicyclic) bond motifs is 1. The number of hydrogen-bond donors (Lipinski definition) is 1. The predicted molar refractivity (Wildman–Crippen MR) is 74.7 cm³/mol. The van der Waals surface area contributed by atoms with Gasteiger partial charge in [0.2, 0.25) is 0 Å². The van der Waals surface area contributed by atoms with E-state index < -0.39 is 0 Å². The topological polar surface area (TPSA) is 53.1 Å². The average molecular weight is 257 g/mol. The van der Waals surface area contributed by atoms with Gasteiger partial charge >= 0.3 is 0 Å². The van der Waals surface area contributed by atoms with Gasteiger partial charge in [0, 0.05) is 5.69 Å². The summed E-state index contributed by atoms with van der Waals surface area (Å²) in [6, 6.07) is 8.00. The van der Waals surface area contributed by atoms with E-state index >= 15 is 0 Å². The summed E-state index contributed by atoms with van der Waals surface area (Å²) < 4.78 is 7.44. The summed E-state index contributed by atoms with van der Waals surface area (Å²) in [4.78, 5) is 0. The fourth-order valence-electron chi connectivity index (χ4n) is 2.81. The molecule has 0 fully saturated rings. The molecule has 0 radical (unpaired) electrons. The number of hydrogen-bond acceptors (Lipinski definition) is 3. The van der Waals surface area contributed by atoms with Crippen LogP contribution in [-0.4, -0.2) is 23.4 Å². The van der Waals surface area contributed by atoms with E-state index in [1.165, 1.54) is 11.3 Å². The molecule has 1 aliphatic rings. The van der Waals surface area contributed by atoms with Crippen LogP contribution in [0.25, 0.3) is 5.69 Å². The zero-order valence-electron chi connectivity index (χ0n) is 11.2. The van der Waals surface area contributed by atoms with E-state index in [9.17, 15) is 0 Å². The van der Waals surface area contributed by atoms with Crippen molar-refractivity contribution in [2.45, 2.75) is 19.3 Å². The molecule has 100 valence electrons. The molecule has 0 spiro atoms. The van der Waals surface area contributed by atoms with Crippen LogP contribution in [-0.2, 0) is 12.8 Å². The van der Waals surface area contributed by atoms with E-state index in [-0.39, 0.29) is 0 Å². The van der Waals surface area contributed by atoms with Crippen molar-refractivity contribution in [3.05, 3.63) is 41.7 Å². The van der Waals surface area contributed by atoms with Crippen molar-refractivity contribution >= 4 is 0 Å². The third-order valence-electron chi connectivity index (χ3n) is 3.90. The second kappa shape index (κ2) is 5.05. The molecule has 3 rings (SSSR count). The quantitative estimate of drug-likeness (QED) is 0.914. The average Bonchev–Trinajstić information content (AvgIpc) is 2.89. The Morgan fingerprint density at radius 1 is 1.42 bits per heavy atom. The molecular weight excluding hydrogens is 238 g/mol. The molecule has 1 unspecified atom stereocenters. The second-order valence-electron chi connectivity index (χ2n) is 5.04. The minimum absolute atomic E-state index is 0.600. The summed E-state index contributed by atoms with van der Waals surface area (Å²) in [6.07, 6.45) is 5.20. The Morgan fingerprint density at radius 3 is 3.05 bits per heavy atom. The summed E-state index contributed by atoms with van der Waals surface area (Å²) >= 11 is 0. The molecule has 1 atom stereocenters. The van der Waals surface area contributed by atoms with E-state index in [1.54, 1.807) is 7.11 Å². The number of ether oxygens (including phenoxy) is 1. The van der Waals surface area contributed by atoms with Crippen molar-refractivity contribution in [1.82, 2.24) is 9.78 Å². The van der Waals surface area contributed by atoms with Crippen molar-refractivity contribution in [3.63, 3.8) is 0 Å². The van der Waals surface area contributed by atoms with Crippen LogP contribution < -0.4 is 10.5 Å². The molecule has 4 nitrogen and oxygen atoms in total. The Morgan fingerprint density at radius 2 is 2.26 bits per heavy atom. The standard InChI is InChI=1S/C15H19N3O/c1-19-15-5-3-2-4-14(15)18-13-7-6-11(9-16)8-12(13)10-17-18/h2-5,10-11H,6-9,16H2,1H3. The molecular formula is C15H19N3O. The zero-order valence-corrected chi connectivity index (χ0v) is 11.2. The van der Waals surface area contributed by atoms with E-state index in [2.05, 4.69) is 5.10 Å². The smallest absolute Gasteiger partial charge is 0.144 e. The highest BCUT2D eigenvalue weighted by Crippen LogP contribution is 2.29. The highest BCUT2D eigenvalue weighted by atomic mass is 16.5. The number of aromatic nitrogens is 2. The first-order chi connectivity index (χ1) is 9.33. The van der Waals surface area contributed by atoms with Gasteiger partial charge in [-0.05, 0) is 49.4 Å². The van der Waals surface area contributed by atoms with Crippen molar-refractivity contribution in [1.29, 1.82) is 0 Å². The molecule has 4 heteroatoms.